The molecular formula is C15H15N3O2. The Balaban J connectivity index is 1.85. The lowest BCUT2D eigenvalue weighted by molar-refractivity contribution is 0.155. The quantitative estimate of drug-likeness (QED) is 0.509. The van der Waals surface area contributed by atoms with Crippen molar-refractivity contribution in [1.29, 1.82) is 0 Å². The molecule has 20 heavy (non-hydrogen) atoms. The molecule has 2 aromatic carbocycles. The van der Waals surface area contributed by atoms with Gasteiger partial charge in [-0.05, 0) is 23.3 Å². The first kappa shape index (κ1) is 13.6. The van der Waals surface area contributed by atoms with Crippen LogP contribution < -0.4 is 11.2 Å². The van der Waals surface area contributed by atoms with Gasteiger partial charge in [0.2, 0.25) is 0 Å². The van der Waals surface area contributed by atoms with Gasteiger partial charge in [-0.3, -0.25) is 5.32 Å². The van der Waals surface area contributed by atoms with Crippen molar-refractivity contribution in [2.24, 2.45) is 10.9 Å². The van der Waals surface area contributed by atoms with E-state index in [0.717, 1.165) is 11.1 Å². The van der Waals surface area contributed by atoms with Crippen molar-refractivity contribution in [2.75, 3.05) is 5.32 Å². The van der Waals surface area contributed by atoms with Gasteiger partial charge in [-0.1, -0.05) is 42.5 Å². The number of hydrazone groups is 1. The van der Waals surface area contributed by atoms with E-state index in [0.29, 0.717) is 5.69 Å². The molecule has 0 bridgehead atoms. The maximum atomic E-state index is 11.6. The van der Waals surface area contributed by atoms with E-state index in [1.165, 1.54) is 6.21 Å². The van der Waals surface area contributed by atoms with Crippen LogP contribution in [0.3, 0.4) is 0 Å². The summed E-state index contributed by atoms with van der Waals surface area (Å²) in [5, 5.41) is 6.07. The van der Waals surface area contributed by atoms with Crippen molar-refractivity contribution in [3.63, 3.8) is 0 Å². The van der Waals surface area contributed by atoms with E-state index >= 15 is 0 Å². The number of ether oxygens (including phenoxy) is 1. The van der Waals surface area contributed by atoms with Gasteiger partial charge in [0.1, 0.15) is 6.61 Å². The number of nitrogens with zero attached hydrogens (tertiary/aromatic N) is 1. The van der Waals surface area contributed by atoms with Crippen LogP contribution in [0.1, 0.15) is 11.1 Å². The number of carbonyl (C=O) groups is 1. The predicted octanol–water partition coefficient (Wildman–Crippen LogP) is 2.73. The van der Waals surface area contributed by atoms with Crippen molar-refractivity contribution >= 4 is 18.0 Å². The molecule has 2 aromatic rings. The average molecular weight is 269 g/mol. The molecule has 1 amide bonds. The summed E-state index contributed by atoms with van der Waals surface area (Å²) in [6, 6.07) is 16.6. The minimum atomic E-state index is -0.492. The minimum absolute atomic E-state index is 0.241. The zero-order valence-corrected chi connectivity index (χ0v) is 10.8. The summed E-state index contributed by atoms with van der Waals surface area (Å²) in [5.74, 6) is 5.05. The zero-order valence-electron chi connectivity index (χ0n) is 10.8. The van der Waals surface area contributed by atoms with E-state index in [-0.39, 0.29) is 6.61 Å². The molecule has 5 heteroatoms. The lowest BCUT2D eigenvalue weighted by Gasteiger charge is -2.07. The molecular weight excluding hydrogens is 254 g/mol. The summed E-state index contributed by atoms with van der Waals surface area (Å²) >= 11 is 0. The molecule has 102 valence electrons. The number of anilines is 1. The highest BCUT2D eigenvalue weighted by Gasteiger charge is 2.03. The van der Waals surface area contributed by atoms with Crippen LogP contribution in [0, 0.1) is 0 Å². The number of nitrogens with one attached hydrogen (secondary N) is 1. The largest absolute Gasteiger partial charge is 0.444 e. The standard InChI is InChI=1S/C15H15N3O2/c16-17-10-12-6-8-14(9-7-12)18-15(19)20-11-13-4-2-1-3-5-13/h1-10H,11,16H2,(H,18,19). The van der Waals surface area contributed by atoms with Crippen LogP contribution >= 0.6 is 0 Å². The number of rotatable bonds is 4. The van der Waals surface area contributed by atoms with Crippen LogP contribution in [0.15, 0.2) is 59.7 Å². The first-order valence-electron chi connectivity index (χ1n) is 6.09. The Morgan fingerprint density at radius 2 is 1.85 bits per heavy atom. The fourth-order valence-corrected chi connectivity index (χ4v) is 1.62. The molecule has 0 spiro atoms. The fourth-order valence-electron chi connectivity index (χ4n) is 1.62. The van der Waals surface area contributed by atoms with Gasteiger partial charge in [0, 0.05) is 5.69 Å². The lowest BCUT2D eigenvalue weighted by atomic mass is 10.2. The van der Waals surface area contributed by atoms with Gasteiger partial charge >= 0.3 is 6.09 Å². The monoisotopic (exact) mass is 269 g/mol. The molecule has 0 atom stereocenters. The maximum Gasteiger partial charge on any atom is 0.411 e. The first-order valence-corrected chi connectivity index (χ1v) is 6.09. The molecule has 0 aliphatic rings. The Bertz CT molecular complexity index is 580. The number of nitrogens with two attached hydrogens (primary N) is 1. The summed E-state index contributed by atoms with van der Waals surface area (Å²) in [6.07, 6.45) is 1.03. The van der Waals surface area contributed by atoms with Crippen LogP contribution in [0.4, 0.5) is 10.5 Å². The van der Waals surface area contributed by atoms with Crippen LogP contribution in [-0.2, 0) is 11.3 Å². The fraction of sp³-hybridized carbons (Fsp3) is 0.0667. The van der Waals surface area contributed by atoms with Crippen LogP contribution in [0.5, 0.6) is 0 Å². The summed E-state index contributed by atoms with van der Waals surface area (Å²) in [4.78, 5) is 11.6. The van der Waals surface area contributed by atoms with Gasteiger partial charge in [0.05, 0.1) is 6.21 Å². The predicted molar refractivity (Wildman–Crippen MR) is 78.5 cm³/mol. The van der Waals surface area contributed by atoms with Crippen LogP contribution in [0.2, 0.25) is 0 Å². The van der Waals surface area contributed by atoms with E-state index in [9.17, 15) is 4.79 Å². The van der Waals surface area contributed by atoms with Gasteiger partial charge in [0.25, 0.3) is 0 Å². The van der Waals surface area contributed by atoms with E-state index in [2.05, 4.69) is 10.4 Å². The summed E-state index contributed by atoms with van der Waals surface area (Å²) < 4.78 is 5.11. The number of hydrogen-bond donors (Lipinski definition) is 2. The molecule has 5 nitrogen and oxygen atoms in total. The van der Waals surface area contributed by atoms with Gasteiger partial charge in [-0.25, -0.2) is 4.79 Å². The molecule has 0 fully saturated rings. The highest BCUT2D eigenvalue weighted by Crippen LogP contribution is 2.09. The summed E-state index contributed by atoms with van der Waals surface area (Å²) in [7, 11) is 0. The molecule has 0 aromatic heterocycles. The molecule has 0 unspecified atom stereocenters. The van der Waals surface area contributed by atoms with Crippen LogP contribution in [0.25, 0.3) is 0 Å². The Labute approximate surface area is 117 Å². The maximum absolute atomic E-state index is 11.6. The summed E-state index contributed by atoms with van der Waals surface area (Å²) in [5.41, 5.74) is 2.45. The van der Waals surface area contributed by atoms with E-state index in [1.54, 1.807) is 24.3 Å². The Hall–Kier alpha value is -2.82. The molecule has 0 aliphatic heterocycles. The second-order valence-electron chi connectivity index (χ2n) is 4.09. The van der Waals surface area contributed by atoms with Crippen molar-refractivity contribution in [3.05, 3.63) is 65.7 Å². The molecule has 2 rings (SSSR count). The number of benzene rings is 2. The Kier molecular flexibility index (Phi) is 4.72. The van der Waals surface area contributed by atoms with Crippen molar-refractivity contribution < 1.29 is 9.53 Å². The third-order valence-electron chi connectivity index (χ3n) is 2.59. The normalized spacial score (nSPS) is 10.4. The van der Waals surface area contributed by atoms with E-state index < -0.39 is 6.09 Å². The molecule has 0 saturated carbocycles. The number of carbonyl (C=O) groups excluding carboxylic acids is 1. The minimum Gasteiger partial charge on any atom is -0.444 e. The Morgan fingerprint density at radius 3 is 2.50 bits per heavy atom. The second kappa shape index (κ2) is 6.94. The molecule has 3 N–H and O–H groups in total. The topological polar surface area (TPSA) is 76.7 Å². The summed E-state index contributed by atoms with van der Waals surface area (Å²) in [6.45, 7) is 0.241. The third kappa shape index (κ3) is 4.13. The van der Waals surface area contributed by atoms with E-state index in [4.69, 9.17) is 10.6 Å². The molecule has 0 heterocycles. The van der Waals surface area contributed by atoms with Gasteiger partial charge in [0.15, 0.2) is 0 Å². The smallest absolute Gasteiger partial charge is 0.411 e. The molecule has 0 aliphatic carbocycles. The molecule has 0 radical (unpaired) electrons. The Morgan fingerprint density at radius 1 is 1.15 bits per heavy atom. The van der Waals surface area contributed by atoms with Crippen molar-refractivity contribution in [3.8, 4) is 0 Å². The van der Waals surface area contributed by atoms with Crippen molar-refractivity contribution in [2.45, 2.75) is 6.61 Å². The number of amides is 1. The van der Waals surface area contributed by atoms with E-state index in [1.807, 2.05) is 30.3 Å². The van der Waals surface area contributed by atoms with Gasteiger partial charge in [-0.15, -0.1) is 0 Å². The van der Waals surface area contributed by atoms with Crippen LogP contribution in [-0.4, -0.2) is 12.3 Å². The van der Waals surface area contributed by atoms with Gasteiger partial charge in [-0.2, -0.15) is 5.10 Å². The SMILES string of the molecule is NN=Cc1ccc(NC(=O)OCc2ccccc2)cc1. The second-order valence-corrected chi connectivity index (χ2v) is 4.09. The van der Waals surface area contributed by atoms with Gasteiger partial charge < -0.3 is 10.6 Å². The molecule has 0 saturated heterocycles. The van der Waals surface area contributed by atoms with Crippen molar-refractivity contribution in [1.82, 2.24) is 0 Å². The third-order valence-corrected chi connectivity index (χ3v) is 2.59. The highest BCUT2D eigenvalue weighted by molar-refractivity contribution is 5.86. The number of hydrogen-bond acceptors (Lipinski definition) is 4. The highest BCUT2D eigenvalue weighted by atomic mass is 16.5. The zero-order chi connectivity index (χ0) is 14.2. The first-order chi connectivity index (χ1) is 9.78. The average Bonchev–Trinajstić information content (AvgIpc) is 2.49. The lowest BCUT2D eigenvalue weighted by Crippen LogP contribution is -2.13.